The Morgan fingerprint density at radius 1 is 1.29 bits per heavy atom. The largest absolute Gasteiger partial charge is 0.303 e. The van der Waals surface area contributed by atoms with Gasteiger partial charge in [-0.05, 0) is 43.8 Å². The summed E-state index contributed by atoms with van der Waals surface area (Å²) in [4.78, 5) is 2.49. The maximum absolute atomic E-state index is 9.81. The lowest BCUT2D eigenvalue weighted by atomic mass is 9.87. The van der Waals surface area contributed by atoms with E-state index in [1.54, 1.807) is 0 Å². The lowest BCUT2D eigenvalue weighted by Crippen LogP contribution is -2.44. The smallest absolute Gasteiger partial charge is 0.133 e. The summed E-state index contributed by atoms with van der Waals surface area (Å²) in [6.07, 6.45) is 3.60. The van der Waals surface area contributed by atoms with Crippen LogP contribution < -0.4 is 5.32 Å². The van der Waals surface area contributed by atoms with Gasteiger partial charge in [-0.1, -0.05) is 44.2 Å². The maximum Gasteiger partial charge on any atom is 0.133 e. The average Bonchev–Trinajstić information content (AvgIpc) is 3.35. The quantitative estimate of drug-likeness (QED) is 0.757. The summed E-state index contributed by atoms with van der Waals surface area (Å²) in [6, 6.07) is 12.7. The third-order valence-electron chi connectivity index (χ3n) is 4.40. The Labute approximate surface area is 129 Å². The Bertz CT molecular complexity index is 461. The lowest BCUT2D eigenvalue weighted by Gasteiger charge is -2.31. The minimum Gasteiger partial charge on any atom is -0.303 e. The van der Waals surface area contributed by atoms with E-state index in [1.165, 1.54) is 19.4 Å². The molecule has 0 aromatic heterocycles. The average molecular weight is 285 g/mol. The zero-order valence-corrected chi connectivity index (χ0v) is 13.3. The van der Waals surface area contributed by atoms with Gasteiger partial charge in [-0.3, -0.25) is 5.32 Å². The van der Waals surface area contributed by atoms with Gasteiger partial charge >= 0.3 is 0 Å². The number of hydrogen-bond acceptors (Lipinski definition) is 3. The van der Waals surface area contributed by atoms with Crippen LogP contribution >= 0.6 is 0 Å². The highest BCUT2D eigenvalue weighted by molar-refractivity contribution is 5.31. The Kier molecular flexibility index (Phi) is 5.78. The molecular weight excluding hydrogens is 258 g/mol. The van der Waals surface area contributed by atoms with E-state index in [9.17, 15) is 5.26 Å². The van der Waals surface area contributed by atoms with Crippen molar-refractivity contribution in [3.63, 3.8) is 0 Å². The number of benzene rings is 1. The van der Waals surface area contributed by atoms with Crippen LogP contribution in [0.25, 0.3) is 0 Å². The van der Waals surface area contributed by atoms with Crippen molar-refractivity contribution in [2.75, 3.05) is 26.2 Å². The second kappa shape index (κ2) is 7.59. The van der Waals surface area contributed by atoms with Crippen LogP contribution in [0.2, 0.25) is 0 Å². The van der Waals surface area contributed by atoms with Crippen molar-refractivity contribution in [2.45, 2.75) is 38.6 Å². The molecule has 1 saturated carbocycles. The molecule has 1 aliphatic carbocycles. The first kappa shape index (κ1) is 16.0. The molecule has 3 heteroatoms. The molecule has 2 rings (SSSR count). The number of nitrogens with one attached hydrogen (secondary N) is 1. The van der Waals surface area contributed by atoms with Crippen LogP contribution in [0.5, 0.6) is 0 Å². The van der Waals surface area contributed by atoms with Crippen molar-refractivity contribution >= 4 is 0 Å². The first-order valence-corrected chi connectivity index (χ1v) is 8.18. The minimum absolute atomic E-state index is 0.563. The monoisotopic (exact) mass is 285 g/mol. The van der Waals surface area contributed by atoms with Crippen molar-refractivity contribution in [2.24, 2.45) is 5.92 Å². The minimum atomic E-state index is -0.563. The second-order valence-electron chi connectivity index (χ2n) is 6.00. The molecular formula is C18H27N3. The number of hydrogen-bond donors (Lipinski definition) is 1. The van der Waals surface area contributed by atoms with Gasteiger partial charge in [0.25, 0.3) is 0 Å². The van der Waals surface area contributed by atoms with E-state index in [2.05, 4.69) is 42.3 Å². The molecule has 1 unspecified atom stereocenters. The van der Waals surface area contributed by atoms with Crippen molar-refractivity contribution in [3.05, 3.63) is 35.9 Å². The van der Waals surface area contributed by atoms with E-state index in [4.69, 9.17) is 0 Å². The fourth-order valence-corrected chi connectivity index (χ4v) is 2.89. The molecule has 1 atom stereocenters. The van der Waals surface area contributed by atoms with Crippen molar-refractivity contribution < 1.29 is 0 Å². The van der Waals surface area contributed by atoms with Crippen LogP contribution in [-0.2, 0) is 5.54 Å². The highest BCUT2D eigenvalue weighted by atomic mass is 15.1. The van der Waals surface area contributed by atoms with Crippen molar-refractivity contribution in [1.29, 1.82) is 5.26 Å². The Hall–Kier alpha value is -1.37. The fourth-order valence-electron chi connectivity index (χ4n) is 2.89. The zero-order valence-electron chi connectivity index (χ0n) is 13.3. The summed E-state index contributed by atoms with van der Waals surface area (Å²) in [7, 11) is 0. The van der Waals surface area contributed by atoms with Gasteiger partial charge in [-0.15, -0.1) is 0 Å². The number of nitrogens with zero attached hydrogens (tertiary/aromatic N) is 2. The van der Waals surface area contributed by atoms with E-state index in [0.717, 1.165) is 37.5 Å². The molecule has 0 heterocycles. The molecule has 0 bridgehead atoms. The van der Waals surface area contributed by atoms with E-state index in [0.29, 0.717) is 0 Å². The lowest BCUT2D eigenvalue weighted by molar-refractivity contribution is 0.242. The third-order valence-corrected chi connectivity index (χ3v) is 4.40. The summed E-state index contributed by atoms with van der Waals surface area (Å²) in [5.41, 5.74) is 0.518. The van der Waals surface area contributed by atoms with Gasteiger partial charge < -0.3 is 4.90 Å². The molecule has 1 aromatic rings. The van der Waals surface area contributed by atoms with Gasteiger partial charge in [0.15, 0.2) is 0 Å². The number of nitriles is 1. The predicted molar refractivity (Wildman–Crippen MR) is 86.9 cm³/mol. The molecule has 0 radical (unpaired) electrons. The Morgan fingerprint density at radius 3 is 2.52 bits per heavy atom. The van der Waals surface area contributed by atoms with Crippen molar-refractivity contribution in [3.8, 4) is 6.07 Å². The molecule has 114 valence electrons. The topological polar surface area (TPSA) is 39.1 Å². The molecule has 0 spiro atoms. The molecule has 0 amide bonds. The van der Waals surface area contributed by atoms with Crippen molar-refractivity contribution in [1.82, 2.24) is 10.2 Å². The van der Waals surface area contributed by atoms with Gasteiger partial charge in [0, 0.05) is 13.1 Å². The molecule has 3 nitrogen and oxygen atoms in total. The van der Waals surface area contributed by atoms with E-state index in [-0.39, 0.29) is 0 Å². The summed E-state index contributed by atoms with van der Waals surface area (Å²) in [5.74, 6) is 0.900. The number of rotatable bonds is 9. The third kappa shape index (κ3) is 4.30. The molecule has 1 fully saturated rings. The van der Waals surface area contributed by atoms with Crippen LogP contribution in [0.3, 0.4) is 0 Å². The summed E-state index contributed by atoms with van der Waals surface area (Å²) in [5, 5.41) is 13.2. The van der Waals surface area contributed by atoms with Crippen LogP contribution in [0.1, 0.15) is 38.7 Å². The van der Waals surface area contributed by atoms with Crippen LogP contribution in [-0.4, -0.2) is 31.1 Å². The standard InChI is InChI=1S/C18H27N3/c1-3-20-18(15-19,17-8-6-5-7-9-17)12-13-21(4-2)14-16-10-11-16/h5-9,16,20H,3-4,10-14H2,1-2H3. The Balaban J connectivity index is 2.06. The zero-order chi connectivity index (χ0) is 15.1. The molecule has 21 heavy (non-hydrogen) atoms. The highest BCUT2D eigenvalue weighted by Crippen LogP contribution is 2.30. The highest BCUT2D eigenvalue weighted by Gasteiger charge is 2.32. The molecule has 1 aliphatic rings. The van der Waals surface area contributed by atoms with Crippen LogP contribution in [0, 0.1) is 17.2 Å². The van der Waals surface area contributed by atoms with E-state index < -0.39 is 5.54 Å². The molecule has 1 aromatic carbocycles. The van der Waals surface area contributed by atoms with E-state index >= 15 is 0 Å². The molecule has 0 aliphatic heterocycles. The first-order chi connectivity index (χ1) is 10.2. The SMILES string of the molecule is CCNC(C#N)(CCN(CC)CC1CC1)c1ccccc1. The fraction of sp³-hybridized carbons (Fsp3) is 0.611. The second-order valence-corrected chi connectivity index (χ2v) is 6.00. The van der Waals surface area contributed by atoms with Crippen LogP contribution in [0.4, 0.5) is 0 Å². The molecule has 0 saturated heterocycles. The molecule has 1 N–H and O–H groups in total. The Morgan fingerprint density at radius 2 is 2.00 bits per heavy atom. The summed E-state index contributed by atoms with van der Waals surface area (Å²) in [6.45, 7) is 8.32. The van der Waals surface area contributed by atoms with Gasteiger partial charge in [-0.25, -0.2) is 0 Å². The summed E-state index contributed by atoms with van der Waals surface area (Å²) < 4.78 is 0. The predicted octanol–water partition coefficient (Wildman–Crippen LogP) is 3.14. The van der Waals surface area contributed by atoms with Gasteiger partial charge in [0.2, 0.25) is 0 Å². The van der Waals surface area contributed by atoms with Crippen LogP contribution in [0.15, 0.2) is 30.3 Å². The van der Waals surface area contributed by atoms with Gasteiger partial charge in [0.1, 0.15) is 5.54 Å². The van der Waals surface area contributed by atoms with Gasteiger partial charge in [0.05, 0.1) is 6.07 Å². The van der Waals surface area contributed by atoms with E-state index in [1.807, 2.05) is 18.2 Å². The first-order valence-electron chi connectivity index (χ1n) is 8.18. The maximum atomic E-state index is 9.81. The van der Waals surface area contributed by atoms with Gasteiger partial charge in [-0.2, -0.15) is 5.26 Å². The summed E-state index contributed by atoms with van der Waals surface area (Å²) >= 11 is 0. The normalized spacial score (nSPS) is 17.4.